The molecule has 242 valence electrons. The monoisotopic (exact) mass is 653 g/mol. The Morgan fingerprint density at radius 2 is 1.08 bits per heavy atom. The lowest BCUT2D eigenvalue weighted by atomic mass is 9.82. The molecule has 0 spiro atoms. The van der Waals surface area contributed by atoms with Crippen molar-refractivity contribution in [2.45, 2.75) is 19.3 Å². The molecule has 0 N–H and O–H groups in total. The van der Waals surface area contributed by atoms with E-state index in [9.17, 15) is 0 Å². The lowest BCUT2D eigenvalue weighted by molar-refractivity contribution is 0.660. The zero-order valence-corrected chi connectivity index (χ0v) is 28.6. The highest BCUT2D eigenvalue weighted by Crippen LogP contribution is 2.51. The van der Waals surface area contributed by atoms with Gasteiger partial charge in [-0.15, -0.1) is 0 Å². The van der Waals surface area contributed by atoms with Crippen LogP contribution in [-0.2, 0) is 5.41 Å². The average molecular weight is 654 g/mol. The summed E-state index contributed by atoms with van der Waals surface area (Å²) in [5.74, 6) is 0. The number of fused-ring (bicyclic) bond motifs is 7. The largest absolute Gasteiger partial charge is 0.456 e. The number of para-hydroxylation sites is 2. The van der Waals surface area contributed by atoms with Gasteiger partial charge in [-0.05, 0) is 98.2 Å². The van der Waals surface area contributed by atoms with Crippen LogP contribution in [0.15, 0.2) is 180 Å². The fourth-order valence-electron chi connectivity index (χ4n) is 8.32. The van der Waals surface area contributed by atoms with Crippen LogP contribution in [0.5, 0.6) is 0 Å². The summed E-state index contributed by atoms with van der Waals surface area (Å²) in [5.41, 5.74) is 15.2. The SMILES string of the molecule is CC1(C)c2ccccc2-c2ccc(N(c3ccc(-c4ccccc4)cc3)c3ccccc3-c3cccc4cc5c(cc34)oc3ccccc35)cc21. The van der Waals surface area contributed by atoms with Gasteiger partial charge in [-0.25, -0.2) is 0 Å². The van der Waals surface area contributed by atoms with Crippen molar-refractivity contribution >= 4 is 49.8 Å². The Hall–Kier alpha value is -6.38. The second-order valence-corrected chi connectivity index (χ2v) is 14.1. The Bertz CT molecular complexity index is 2770. The van der Waals surface area contributed by atoms with E-state index in [4.69, 9.17) is 4.42 Å². The van der Waals surface area contributed by atoms with E-state index in [1.54, 1.807) is 0 Å². The zero-order chi connectivity index (χ0) is 34.1. The maximum absolute atomic E-state index is 6.39. The van der Waals surface area contributed by atoms with E-state index in [0.29, 0.717) is 0 Å². The third kappa shape index (κ3) is 4.64. The van der Waals surface area contributed by atoms with Gasteiger partial charge in [0.15, 0.2) is 0 Å². The van der Waals surface area contributed by atoms with Gasteiger partial charge in [0.2, 0.25) is 0 Å². The number of rotatable bonds is 5. The van der Waals surface area contributed by atoms with Gasteiger partial charge < -0.3 is 9.32 Å². The fourth-order valence-corrected chi connectivity index (χ4v) is 8.32. The molecule has 2 nitrogen and oxygen atoms in total. The Labute approximate surface area is 297 Å². The molecule has 0 amide bonds. The zero-order valence-electron chi connectivity index (χ0n) is 28.6. The van der Waals surface area contributed by atoms with Gasteiger partial charge in [0.05, 0.1) is 5.69 Å². The molecule has 9 aromatic rings. The van der Waals surface area contributed by atoms with Crippen molar-refractivity contribution < 1.29 is 4.42 Å². The van der Waals surface area contributed by atoms with Crippen LogP contribution in [-0.4, -0.2) is 0 Å². The second kappa shape index (κ2) is 11.3. The van der Waals surface area contributed by atoms with E-state index in [2.05, 4.69) is 183 Å². The minimum Gasteiger partial charge on any atom is -0.456 e. The molecule has 0 unspecified atom stereocenters. The van der Waals surface area contributed by atoms with Gasteiger partial charge in [-0.2, -0.15) is 0 Å². The smallest absolute Gasteiger partial charge is 0.136 e. The van der Waals surface area contributed by atoms with Crippen molar-refractivity contribution in [2.75, 3.05) is 4.90 Å². The molecule has 1 aliphatic carbocycles. The highest BCUT2D eigenvalue weighted by Gasteiger charge is 2.36. The van der Waals surface area contributed by atoms with E-state index < -0.39 is 0 Å². The summed E-state index contributed by atoms with van der Waals surface area (Å²) in [4.78, 5) is 2.43. The van der Waals surface area contributed by atoms with Crippen molar-refractivity contribution in [3.05, 3.63) is 187 Å². The number of hydrogen-bond acceptors (Lipinski definition) is 2. The number of anilines is 3. The average Bonchev–Trinajstić information content (AvgIpc) is 3.65. The molecular weight excluding hydrogens is 619 g/mol. The molecule has 10 rings (SSSR count). The molecule has 0 aliphatic heterocycles. The van der Waals surface area contributed by atoms with Crippen LogP contribution in [0.2, 0.25) is 0 Å². The van der Waals surface area contributed by atoms with Gasteiger partial charge >= 0.3 is 0 Å². The van der Waals surface area contributed by atoms with Crippen LogP contribution in [0.4, 0.5) is 17.1 Å². The van der Waals surface area contributed by atoms with Gasteiger partial charge in [-0.1, -0.05) is 141 Å². The Morgan fingerprint density at radius 3 is 1.94 bits per heavy atom. The van der Waals surface area contributed by atoms with E-state index in [-0.39, 0.29) is 5.41 Å². The van der Waals surface area contributed by atoms with Gasteiger partial charge in [0.25, 0.3) is 0 Å². The molecule has 0 saturated heterocycles. The first-order valence-corrected chi connectivity index (χ1v) is 17.7. The summed E-state index contributed by atoms with van der Waals surface area (Å²) >= 11 is 0. The third-order valence-corrected chi connectivity index (χ3v) is 10.9. The minimum absolute atomic E-state index is 0.113. The quantitative estimate of drug-likeness (QED) is 0.184. The van der Waals surface area contributed by atoms with E-state index in [0.717, 1.165) is 44.6 Å². The second-order valence-electron chi connectivity index (χ2n) is 14.1. The molecule has 0 bridgehead atoms. The predicted octanol–water partition coefficient (Wildman–Crippen LogP) is 13.8. The number of furan rings is 1. The van der Waals surface area contributed by atoms with Crippen LogP contribution in [0, 0.1) is 0 Å². The molecule has 1 aliphatic rings. The van der Waals surface area contributed by atoms with Gasteiger partial charge in [0.1, 0.15) is 11.2 Å². The third-order valence-electron chi connectivity index (χ3n) is 10.9. The maximum atomic E-state index is 6.39. The summed E-state index contributed by atoms with van der Waals surface area (Å²) < 4.78 is 6.39. The molecular formula is C49H35NO. The number of nitrogens with zero attached hydrogens (tertiary/aromatic N) is 1. The lowest BCUT2D eigenvalue weighted by Crippen LogP contribution is -2.16. The van der Waals surface area contributed by atoms with Crippen LogP contribution in [0.25, 0.3) is 66.1 Å². The van der Waals surface area contributed by atoms with Gasteiger partial charge in [-0.3, -0.25) is 0 Å². The predicted molar refractivity (Wildman–Crippen MR) is 214 cm³/mol. The molecule has 1 aromatic heterocycles. The Kier molecular flexibility index (Phi) is 6.56. The molecule has 51 heavy (non-hydrogen) atoms. The van der Waals surface area contributed by atoms with E-state index in [1.165, 1.54) is 49.7 Å². The fraction of sp³-hybridized carbons (Fsp3) is 0.0612. The molecule has 0 saturated carbocycles. The first kappa shape index (κ1) is 29.5. The highest BCUT2D eigenvalue weighted by molar-refractivity contribution is 6.13. The minimum atomic E-state index is -0.113. The van der Waals surface area contributed by atoms with Crippen LogP contribution in [0.1, 0.15) is 25.0 Å². The molecule has 0 fully saturated rings. The first-order chi connectivity index (χ1) is 25.0. The topological polar surface area (TPSA) is 16.4 Å². The summed E-state index contributed by atoms with van der Waals surface area (Å²) in [5, 5.41) is 4.65. The standard InChI is InChI=1S/C49H35NO/c1-49(2)44-20-9-6-16-38(44)39-28-27-36(30-45(39)49)50(35-25-23-33(24-26-35)32-13-4-3-5-14-32)46-21-10-7-17-40(46)37-19-12-15-34-29-43-41-18-8-11-22-47(41)51-48(43)31-42(34)37/h3-31H,1-2H3. The molecule has 8 aromatic carbocycles. The van der Waals surface area contributed by atoms with Crippen molar-refractivity contribution in [3.63, 3.8) is 0 Å². The Balaban J connectivity index is 1.18. The van der Waals surface area contributed by atoms with Crippen molar-refractivity contribution in [3.8, 4) is 33.4 Å². The lowest BCUT2D eigenvalue weighted by Gasteiger charge is -2.30. The summed E-state index contributed by atoms with van der Waals surface area (Å²) in [6.07, 6.45) is 0. The van der Waals surface area contributed by atoms with Crippen molar-refractivity contribution in [1.82, 2.24) is 0 Å². The highest BCUT2D eigenvalue weighted by atomic mass is 16.3. The van der Waals surface area contributed by atoms with Crippen molar-refractivity contribution in [1.29, 1.82) is 0 Å². The first-order valence-electron chi connectivity index (χ1n) is 17.7. The summed E-state index contributed by atoms with van der Waals surface area (Å²) in [7, 11) is 0. The summed E-state index contributed by atoms with van der Waals surface area (Å²) in [6.45, 7) is 4.70. The number of benzene rings is 8. The van der Waals surface area contributed by atoms with Gasteiger partial charge in [0, 0.05) is 33.1 Å². The van der Waals surface area contributed by atoms with E-state index in [1.807, 2.05) is 12.1 Å². The maximum Gasteiger partial charge on any atom is 0.136 e. The molecule has 0 radical (unpaired) electrons. The molecule has 0 atom stereocenters. The molecule has 1 heterocycles. The molecule has 2 heteroatoms. The summed E-state index contributed by atoms with van der Waals surface area (Å²) in [6, 6.07) is 63.7. The Morgan fingerprint density at radius 1 is 0.412 bits per heavy atom. The van der Waals surface area contributed by atoms with Crippen LogP contribution < -0.4 is 4.90 Å². The van der Waals surface area contributed by atoms with Crippen molar-refractivity contribution in [2.24, 2.45) is 0 Å². The number of hydrogen-bond donors (Lipinski definition) is 0. The van der Waals surface area contributed by atoms with E-state index >= 15 is 0 Å². The van der Waals surface area contributed by atoms with Crippen LogP contribution in [0.3, 0.4) is 0 Å². The normalized spacial score (nSPS) is 13.1. The van der Waals surface area contributed by atoms with Crippen LogP contribution >= 0.6 is 0 Å².